The Morgan fingerprint density at radius 2 is 1.80 bits per heavy atom. The number of aryl methyl sites for hydroxylation is 1. The summed E-state index contributed by atoms with van der Waals surface area (Å²) >= 11 is 1.33. The molecule has 7 nitrogen and oxygen atoms in total. The SMILES string of the molecule is COc1ccc(/C=N\Nc2nc(-c3ccc(C)cc3)c(NC(=O)Cc3ccccc3)s2)c(OC)c1. The molecule has 0 radical (unpaired) electrons. The van der Waals surface area contributed by atoms with Crippen LogP contribution in [0.5, 0.6) is 11.5 Å². The van der Waals surface area contributed by atoms with Crippen molar-refractivity contribution in [2.24, 2.45) is 5.10 Å². The first-order valence-corrected chi connectivity index (χ1v) is 11.8. The van der Waals surface area contributed by atoms with E-state index in [1.807, 2.05) is 73.7 Å². The van der Waals surface area contributed by atoms with Gasteiger partial charge in [-0.25, -0.2) is 4.98 Å². The fraction of sp³-hybridized carbons (Fsp3) is 0.148. The highest BCUT2D eigenvalue weighted by molar-refractivity contribution is 7.20. The first kappa shape index (κ1) is 24.0. The van der Waals surface area contributed by atoms with Crippen molar-refractivity contribution in [3.8, 4) is 22.8 Å². The van der Waals surface area contributed by atoms with E-state index in [0.717, 1.165) is 22.3 Å². The number of amides is 1. The third-order valence-electron chi connectivity index (χ3n) is 5.22. The second-order valence-corrected chi connectivity index (χ2v) is 8.75. The van der Waals surface area contributed by atoms with Gasteiger partial charge in [-0.2, -0.15) is 5.10 Å². The smallest absolute Gasteiger partial charge is 0.229 e. The van der Waals surface area contributed by atoms with Gasteiger partial charge < -0.3 is 14.8 Å². The number of anilines is 2. The van der Waals surface area contributed by atoms with Crippen LogP contribution in [0.4, 0.5) is 10.1 Å². The van der Waals surface area contributed by atoms with Gasteiger partial charge in [0.1, 0.15) is 22.2 Å². The fourth-order valence-corrected chi connectivity index (χ4v) is 4.25. The zero-order valence-corrected chi connectivity index (χ0v) is 20.6. The second kappa shape index (κ2) is 11.3. The Morgan fingerprint density at radius 1 is 1.03 bits per heavy atom. The molecule has 0 saturated heterocycles. The summed E-state index contributed by atoms with van der Waals surface area (Å²) in [5.74, 6) is 1.24. The van der Waals surface area contributed by atoms with Crippen molar-refractivity contribution >= 4 is 33.6 Å². The van der Waals surface area contributed by atoms with Crippen LogP contribution in [0.1, 0.15) is 16.7 Å². The van der Waals surface area contributed by atoms with Gasteiger partial charge in [-0.1, -0.05) is 71.5 Å². The maximum absolute atomic E-state index is 12.7. The second-order valence-electron chi connectivity index (χ2n) is 7.75. The average molecular weight is 487 g/mol. The quantitative estimate of drug-likeness (QED) is 0.232. The minimum absolute atomic E-state index is 0.105. The van der Waals surface area contributed by atoms with E-state index in [1.54, 1.807) is 26.5 Å². The van der Waals surface area contributed by atoms with Gasteiger partial charge in [0.2, 0.25) is 11.0 Å². The van der Waals surface area contributed by atoms with E-state index in [-0.39, 0.29) is 12.3 Å². The number of nitrogens with one attached hydrogen (secondary N) is 2. The molecule has 4 aromatic rings. The fourth-order valence-electron chi connectivity index (χ4n) is 3.39. The van der Waals surface area contributed by atoms with Crippen molar-refractivity contribution in [2.75, 3.05) is 25.0 Å². The Hall–Kier alpha value is -4.17. The Kier molecular flexibility index (Phi) is 7.74. The van der Waals surface area contributed by atoms with Crippen molar-refractivity contribution in [2.45, 2.75) is 13.3 Å². The molecule has 3 aromatic carbocycles. The van der Waals surface area contributed by atoms with Crippen molar-refractivity contribution in [3.63, 3.8) is 0 Å². The van der Waals surface area contributed by atoms with E-state index in [2.05, 4.69) is 15.8 Å². The molecule has 0 aliphatic heterocycles. The highest BCUT2D eigenvalue weighted by atomic mass is 32.1. The van der Waals surface area contributed by atoms with E-state index in [1.165, 1.54) is 11.3 Å². The van der Waals surface area contributed by atoms with E-state index in [9.17, 15) is 4.79 Å². The maximum atomic E-state index is 12.7. The number of benzene rings is 3. The van der Waals surface area contributed by atoms with E-state index in [0.29, 0.717) is 27.3 Å². The number of carbonyl (C=O) groups excluding carboxylic acids is 1. The van der Waals surface area contributed by atoms with Gasteiger partial charge in [0, 0.05) is 17.2 Å². The summed E-state index contributed by atoms with van der Waals surface area (Å²) in [5, 5.41) is 8.56. The lowest BCUT2D eigenvalue weighted by Crippen LogP contribution is -2.14. The molecule has 4 rings (SSSR count). The number of methoxy groups -OCH3 is 2. The zero-order valence-electron chi connectivity index (χ0n) is 19.7. The number of thiazole rings is 1. The van der Waals surface area contributed by atoms with Gasteiger partial charge in [0.15, 0.2) is 0 Å². The van der Waals surface area contributed by atoms with Gasteiger partial charge in [-0.3, -0.25) is 10.2 Å². The molecule has 1 amide bonds. The summed E-state index contributed by atoms with van der Waals surface area (Å²) < 4.78 is 10.7. The highest BCUT2D eigenvalue weighted by Gasteiger charge is 2.16. The van der Waals surface area contributed by atoms with E-state index >= 15 is 0 Å². The third kappa shape index (κ3) is 6.24. The van der Waals surface area contributed by atoms with Crippen LogP contribution >= 0.6 is 11.3 Å². The van der Waals surface area contributed by atoms with E-state index < -0.39 is 0 Å². The molecule has 0 atom stereocenters. The van der Waals surface area contributed by atoms with E-state index in [4.69, 9.17) is 14.5 Å². The third-order valence-corrected chi connectivity index (χ3v) is 6.09. The van der Waals surface area contributed by atoms with Gasteiger partial charge in [-0.05, 0) is 24.6 Å². The Morgan fingerprint density at radius 3 is 2.51 bits per heavy atom. The molecule has 178 valence electrons. The molecule has 1 heterocycles. The molecule has 2 N–H and O–H groups in total. The van der Waals surface area contributed by atoms with Gasteiger partial charge in [0.25, 0.3) is 0 Å². The summed E-state index contributed by atoms with van der Waals surface area (Å²) in [6.45, 7) is 2.03. The number of hydrazone groups is 1. The Balaban J connectivity index is 1.55. The predicted molar refractivity (Wildman–Crippen MR) is 142 cm³/mol. The number of hydrogen-bond donors (Lipinski definition) is 2. The van der Waals surface area contributed by atoms with Crippen LogP contribution in [0.3, 0.4) is 0 Å². The first-order chi connectivity index (χ1) is 17.1. The predicted octanol–water partition coefficient (Wildman–Crippen LogP) is 5.76. The lowest BCUT2D eigenvalue weighted by Gasteiger charge is -2.06. The van der Waals surface area contributed by atoms with Crippen LogP contribution in [-0.4, -0.2) is 31.3 Å². The van der Waals surface area contributed by atoms with Crippen molar-refractivity contribution in [3.05, 3.63) is 89.5 Å². The highest BCUT2D eigenvalue weighted by Crippen LogP contribution is 2.36. The number of rotatable bonds is 9. The van der Waals surface area contributed by atoms with Crippen LogP contribution in [0.15, 0.2) is 77.9 Å². The van der Waals surface area contributed by atoms with Gasteiger partial charge in [-0.15, -0.1) is 0 Å². The molecule has 0 unspecified atom stereocenters. The molecule has 0 bridgehead atoms. The number of nitrogens with zero attached hydrogens (tertiary/aromatic N) is 2. The molecule has 0 saturated carbocycles. The normalized spacial score (nSPS) is 10.8. The monoisotopic (exact) mass is 486 g/mol. The van der Waals surface area contributed by atoms with Gasteiger partial charge in [0.05, 0.1) is 26.9 Å². The summed E-state index contributed by atoms with van der Waals surface area (Å²) in [4.78, 5) is 17.4. The average Bonchev–Trinajstić information content (AvgIpc) is 3.27. The van der Waals surface area contributed by atoms with Crippen LogP contribution in [-0.2, 0) is 11.2 Å². The molecule has 0 aliphatic carbocycles. The summed E-state index contributed by atoms with van der Waals surface area (Å²) in [5.41, 5.74) is 7.46. The molecule has 0 spiro atoms. The molecule has 0 fully saturated rings. The topological polar surface area (TPSA) is 84.8 Å². The van der Waals surface area contributed by atoms with Crippen molar-refractivity contribution < 1.29 is 14.3 Å². The number of aromatic nitrogens is 1. The summed E-state index contributed by atoms with van der Waals surface area (Å²) in [6, 6.07) is 23.2. The van der Waals surface area contributed by atoms with Crippen LogP contribution < -0.4 is 20.2 Å². The standard InChI is InChI=1S/C27H26N4O3S/c1-18-9-11-20(12-10-18)25-26(29-24(32)15-19-7-5-4-6-8-19)35-27(30-25)31-28-17-21-13-14-22(33-2)16-23(21)34-3/h4-14,16-17H,15H2,1-3H3,(H,29,32)(H,30,31)/b28-17-. The number of carbonyl (C=O) groups is 1. The molecule has 35 heavy (non-hydrogen) atoms. The summed E-state index contributed by atoms with van der Waals surface area (Å²) in [7, 11) is 3.20. The van der Waals surface area contributed by atoms with Crippen molar-refractivity contribution in [1.29, 1.82) is 0 Å². The number of ether oxygens (including phenoxy) is 2. The van der Waals surface area contributed by atoms with Crippen LogP contribution in [0, 0.1) is 6.92 Å². The number of hydrogen-bond acceptors (Lipinski definition) is 7. The van der Waals surface area contributed by atoms with Crippen LogP contribution in [0.2, 0.25) is 0 Å². The molecule has 0 aliphatic rings. The minimum atomic E-state index is -0.105. The molecular weight excluding hydrogens is 460 g/mol. The maximum Gasteiger partial charge on any atom is 0.229 e. The Labute approximate surface area is 208 Å². The lowest BCUT2D eigenvalue weighted by atomic mass is 10.1. The van der Waals surface area contributed by atoms with Crippen molar-refractivity contribution in [1.82, 2.24) is 4.98 Å². The lowest BCUT2D eigenvalue weighted by molar-refractivity contribution is -0.115. The van der Waals surface area contributed by atoms with Crippen LogP contribution in [0.25, 0.3) is 11.3 Å². The Bertz CT molecular complexity index is 1320. The molecule has 1 aromatic heterocycles. The minimum Gasteiger partial charge on any atom is -0.497 e. The molecule has 8 heteroatoms. The van der Waals surface area contributed by atoms with Gasteiger partial charge >= 0.3 is 0 Å². The first-order valence-electron chi connectivity index (χ1n) is 11.0. The zero-order chi connectivity index (χ0) is 24.6. The molecular formula is C27H26N4O3S. The largest absolute Gasteiger partial charge is 0.497 e. The summed E-state index contributed by atoms with van der Waals surface area (Å²) in [6.07, 6.45) is 1.93.